The van der Waals surface area contributed by atoms with Gasteiger partial charge < -0.3 is 10.1 Å². The highest BCUT2D eigenvalue weighted by atomic mass is 35.5. The zero-order chi connectivity index (χ0) is 14.7. The van der Waals surface area contributed by atoms with Gasteiger partial charge in [0.2, 0.25) is 6.41 Å². The number of ether oxygens (including phenoxy) is 1. The molecule has 0 bridgehead atoms. The fourth-order valence-electron chi connectivity index (χ4n) is 2.10. The van der Waals surface area contributed by atoms with E-state index in [1.165, 1.54) is 0 Å². The summed E-state index contributed by atoms with van der Waals surface area (Å²) in [5.74, 6) is 1.26. The quantitative estimate of drug-likeness (QED) is 0.699. The number of fused-ring (bicyclic) bond motifs is 1. The van der Waals surface area contributed by atoms with Crippen molar-refractivity contribution in [3.63, 3.8) is 0 Å². The van der Waals surface area contributed by atoms with Crippen LogP contribution in [0.15, 0.2) is 60.7 Å². The van der Waals surface area contributed by atoms with Crippen molar-refractivity contribution >= 4 is 34.5 Å². The molecule has 0 aromatic heterocycles. The summed E-state index contributed by atoms with van der Waals surface area (Å²) in [5, 5.41) is 5.24. The fourth-order valence-corrected chi connectivity index (χ4v) is 2.32. The molecule has 1 N–H and O–H groups in total. The normalized spacial score (nSPS) is 10.3. The molecule has 3 rings (SSSR count). The molecule has 0 aliphatic heterocycles. The molecule has 0 aliphatic rings. The van der Waals surface area contributed by atoms with E-state index < -0.39 is 0 Å². The van der Waals surface area contributed by atoms with Gasteiger partial charge in [0.05, 0.1) is 5.02 Å². The smallest absolute Gasteiger partial charge is 0.211 e. The average molecular weight is 298 g/mol. The maximum Gasteiger partial charge on any atom is 0.211 e. The van der Waals surface area contributed by atoms with Gasteiger partial charge in [-0.05, 0) is 41.1 Å². The lowest BCUT2D eigenvalue weighted by Crippen LogP contribution is -1.94. The number of anilines is 1. The molecule has 0 aliphatic carbocycles. The summed E-state index contributed by atoms with van der Waals surface area (Å²) in [7, 11) is 0. The number of nitrogens with one attached hydrogen (secondary N) is 1. The molecule has 0 saturated heterocycles. The van der Waals surface area contributed by atoms with E-state index in [0.717, 1.165) is 10.8 Å². The van der Waals surface area contributed by atoms with Crippen molar-refractivity contribution in [2.45, 2.75) is 0 Å². The van der Waals surface area contributed by atoms with Gasteiger partial charge in [0.15, 0.2) is 0 Å². The second-order valence-electron chi connectivity index (χ2n) is 4.52. The second kappa shape index (κ2) is 5.85. The van der Waals surface area contributed by atoms with Crippen molar-refractivity contribution in [3.05, 3.63) is 65.7 Å². The molecular weight excluding hydrogens is 286 g/mol. The minimum absolute atomic E-state index is 0.440. The van der Waals surface area contributed by atoms with Gasteiger partial charge in [-0.3, -0.25) is 4.79 Å². The van der Waals surface area contributed by atoms with E-state index in [-0.39, 0.29) is 0 Å². The van der Waals surface area contributed by atoms with Gasteiger partial charge in [0, 0.05) is 5.69 Å². The number of benzene rings is 3. The van der Waals surface area contributed by atoms with Crippen LogP contribution in [-0.2, 0) is 4.79 Å². The van der Waals surface area contributed by atoms with Crippen LogP contribution in [0, 0.1) is 0 Å². The molecular formula is C17H12ClNO2. The summed E-state index contributed by atoms with van der Waals surface area (Å²) in [6.45, 7) is 0. The van der Waals surface area contributed by atoms with Gasteiger partial charge in [0.1, 0.15) is 11.5 Å². The number of hydrogen-bond acceptors (Lipinski definition) is 2. The SMILES string of the molecule is O=CNc1ccc(Oc2ccc3ccccc3c2)c(Cl)c1. The van der Waals surface area contributed by atoms with Crippen molar-refractivity contribution in [1.82, 2.24) is 0 Å². The van der Waals surface area contributed by atoms with Crippen LogP contribution in [0.25, 0.3) is 10.8 Å². The van der Waals surface area contributed by atoms with E-state index in [0.29, 0.717) is 28.6 Å². The summed E-state index contributed by atoms with van der Waals surface area (Å²) < 4.78 is 5.80. The first-order valence-corrected chi connectivity index (χ1v) is 6.80. The highest BCUT2D eigenvalue weighted by Crippen LogP contribution is 2.32. The molecule has 3 aromatic rings. The molecule has 1 amide bonds. The van der Waals surface area contributed by atoms with Crippen molar-refractivity contribution in [2.75, 3.05) is 5.32 Å². The Balaban J connectivity index is 1.89. The van der Waals surface area contributed by atoms with E-state index in [9.17, 15) is 4.79 Å². The molecule has 0 radical (unpaired) electrons. The number of hydrogen-bond donors (Lipinski definition) is 1. The lowest BCUT2D eigenvalue weighted by Gasteiger charge is -2.09. The van der Waals surface area contributed by atoms with Gasteiger partial charge in [-0.1, -0.05) is 41.9 Å². The molecule has 0 saturated carbocycles. The molecule has 0 atom stereocenters. The molecule has 0 fully saturated rings. The summed E-state index contributed by atoms with van der Waals surface area (Å²) in [6, 6.07) is 19.0. The van der Waals surface area contributed by atoms with E-state index in [4.69, 9.17) is 16.3 Å². The van der Waals surface area contributed by atoms with Gasteiger partial charge in [0.25, 0.3) is 0 Å². The standard InChI is InChI=1S/C17H12ClNO2/c18-16-10-14(19-11-20)6-8-17(16)21-15-7-5-12-3-1-2-4-13(12)9-15/h1-11H,(H,19,20). The first kappa shape index (κ1) is 13.5. The minimum atomic E-state index is 0.440. The van der Waals surface area contributed by atoms with Crippen LogP contribution < -0.4 is 10.1 Å². The summed E-state index contributed by atoms with van der Waals surface area (Å²) in [4.78, 5) is 10.4. The first-order valence-electron chi connectivity index (χ1n) is 6.43. The Bertz CT molecular complexity index is 802. The molecule has 104 valence electrons. The summed E-state index contributed by atoms with van der Waals surface area (Å²) in [6.07, 6.45) is 0.607. The van der Waals surface area contributed by atoms with Gasteiger partial charge in [-0.25, -0.2) is 0 Å². The van der Waals surface area contributed by atoms with Gasteiger partial charge in [-0.15, -0.1) is 0 Å². The second-order valence-corrected chi connectivity index (χ2v) is 4.93. The number of carbonyl (C=O) groups excluding carboxylic acids is 1. The van der Waals surface area contributed by atoms with Crippen LogP contribution in [0.2, 0.25) is 5.02 Å². The molecule has 0 spiro atoms. The van der Waals surface area contributed by atoms with Crippen LogP contribution in [0.5, 0.6) is 11.5 Å². The summed E-state index contributed by atoms with van der Waals surface area (Å²) in [5.41, 5.74) is 0.626. The number of rotatable bonds is 4. The Hall–Kier alpha value is -2.52. The molecule has 3 aromatic carbocycles. The molecule has 4 heteroatoms. The Morgan fingerprint density at radius 3 is 2.52 bits per heavy atom. The molecule has 0 unspecified atom stereocenters. The average Bonchev–Trinajstić information content (AvgIpc) is 2.50. The number of carbonyl (C=O) groups is 1. The minimum Gasteiger partial charge on any atom is -0.456 e. The van der Waals surface area contributed by atoms with E-state index >= 15 is 0 Å². The van der Waals surface area contributed by atoms with Crippen molar-refractivity contribution < 1.29 is 9.53 Å². The monoisotopic (exact) mass is 297 g/mol. The van der Waals surface area contributed by atoms with Gasteiger partial charge >= 0.3 is 0 Å². The fraction of sp³-hybridized carbons (Fsp3) is 0. The van der Waals surface area contributed by atoms with Crippen LogP contribution in [0.3, 0.4) is 0 Å². The third kappa shape index (κ3) is 2.98. The maximum absolute atomic E-state index is 10.4. The highest BCUT2D eigenvalue weighted by Gasteiger charge is 2.05. The van der Waals surface area contributed by atoms with Crippen molar-refractivity contribution in [1.29, 1.82) is 0 Å². The van der Waals surface area contributed by atoms with E-state index in [2.05, 4.69) is 5.32 Å². The van der Waals surface area contributed by atoms with E-state index in [1.54, 1.807) is 18.2 Å². The van der Waals surface area contributed by atoms with Crippen LogP contribution >= 0.6 is 11.6 Å². The zero-order valence-corrected chi connectivity index (χ0v) is 11.8. The molecule has 21 heavy (non-hydrogen) atoms. The van der Waals surface area contributed by atoms with Crippen LogP contribution in [0.4, 0.5) is 5.69 Å². The lowest BCUT2D eigenvalue weighted by atomic mass is 10.1. The zero-order valence-electron chi connectivity index (χ0n) is 11.0. The predicted molar refractivity (Wildman–Crippen MR) is 85.2 cm³/mol. The predicted octanol–water partition coefficient (Wildman–Crippen LogP) is 4.85. The topological polar surface area (TPSA) is 38.3 Å². The van der Waals surface area contributed by atoms with E-state index in [1.807, 2.05) is 42.5 Å². The molecule has 3 nitrogen and oxygen atoms in total. The third-order valence-electron chi connectivity index (χ3n) is 3.11. The first-order chi connectivity index (χ1) is 10.3. The third-order valence-corrected chi connectivity index (χ3v) is 3.40. The highest BCUT2D eigenvalue weighted by molar-refractivity contribution is 6.32. The Kier molecular flexibility index (Phi) is 3.75. The number of amides is 1. The Morgan fingerprint density at radius 2 is 1.76 bits per heavy atom. The van der Waals surface area contributed by atoms with Crippen molar-refractivity contribution in [2.24, 2.45) is 0 Å². The van der Waals surface area contributed by atoms with Crippen LogP contribution in [0.1, 0.15) is 0 Å². The Morgan fingerprint density at radius 1 is 0.952 bits per heavy atom. The lowest BCUT2D eigenvalue weighted by molar-refractivity contribution is -0.105. The Labute approximate surface area is 127 Å². The maximum atomic E-state index is 10.4. The number of halogens is 1. The van der Waals surface area contributed by atoms with Gasteiger partial charge in [-0.2, -0.15) is 0 Å². The van der Waals surface area contributed by atoms with Crippen molar-refractivity contribution in [3.8, 4) is 11.5 Å². The molecule has 0 heterocycles. The summed E-state index contributed by atoms with van der Waals surface area (Å²) >= 11 is 6.15. The van der Waals surface area contributed by atoms with Crippen LogP contribution in [-0.4, -0.2) is 6.41 Å². The largest absolute Gasteiger partial charge is 0.456 e.